The molecule has 0 aliphatic rings. The van der Waals surface area contributed by atoms with Crippen molar-refractivity contribution in [3.63, 3.8) is 0 Å². The smallest absolute Gasteiger partial charge is 0.257 e. The fourth-order valence-corrected chi connectivity index (χ4v) is 5.43. The molecule has 0 saturated heterocycles. The second kappa shape index (κ2) is 12.5. The average Bonchev–Trinajstić information content (AvgIpc) is 3.59. The Bertz CT molecular complexity index is 1640. The van der Waals surface area contributed by atoms with E-state index in [2.05, 4.69) is 20.6 Å². The number of rotatable bonds is 9. The average molecular weight is 573 g/mol. The van der Waals surface area contributed by atoms with Gasteiger partial charge in [-0.2, -0.15) is 0 Å². The number of hydrogen-bond acceptors (Lipinski definition) is 6. The zero-order valence-corrected chi connectivity index (χ0v) is 22.6. The van der Waals surface area contributed by atoms with Crippen LogP contribution in [-0.4, -0.2) is 21.8 Å². The summed E-state index contributed by atoms with van der Waals surface area (Å²) in [7, 11) is 0. The second-order valence-corrected chi connectivity index (χ2v) is 11.0. The first kappa shape index (κ1) is 27.0. The minimum Gasteiger partial charge on any atom is -0.298 e. The van der Waals surface area contributed by atoms with Crippen LogP contribution in [0.2, 0.25) is 0 Å². The molecule has 2 N–H and O–H groups in total. The SMILES string of the molecule is O=C(C=Cc1ccc(C(=O)Nc2ncc(Cc3ccc(F)cc3)s2)cc1)Nc1ncc(Cc2ccc(F)cc2)s1. The Kier molecular flexibility index (Phi) is 8.48. The summed E-state index contributed by atoms with van der Waals surface area (Å²) in [6.07, 6.45) is 7.63. The normalized spacial score (nSPS) is 11.1. The predicted octanol–water partition coefficient (Wildman–Crippen LogP) is 6.96. The molecule has 0 unspecified atom stereocenters. The third-order valence-corrected chi connectivity index (χ3v) is 7.57. The van der Waals surface area contributed by atoms with Crippen LogP contribution in [0.25, 0.3) is 6.08 Å². The number of carbonyl (C=O) groups excluding carboxylic acids is 2. The van der Waals surface area contributed by atoms with Crippen LogP contribution in [0.5, 0.6) is 0 Å². The van der Waals surface area contributed by atoms with Gasteiger partial charge in [-0.15, -0.1) is 22.7 Å². The summed E-state index contributed by atoms with van der Waals surface area (Å²) in [5.74, 6) is -1.19. The van der Waals surface area contributed by atoms with Crippen molar-refractivity contribution in [1.82, 2.24) is 9.97 Å². The number of halogens is 2. The zero-order valence-electron chi connectivity index (χ0n) is 20.9. The number of aromatic nitrogens is 2. The minimum absolute atomic E-state index is 0.282. The Morgan fingerprint density at radius 1 is 0.700 bits per heavy atom. The molecular weight excluding hydrogens is 550 g/mol. The summed E-state index contributed by atoms with van der Waals surface area (Å²) in [5.41, 5.74) is 3.11. The molecule has 5 aromatic rings. The first-order valence-electron chi connectivity index (χ1n) is 12.2. The maximum atomic E-state index is 13.1. The molecule has 10 heteroatoms. The Hall–Kier alpha value is -4.54. The van der Waals surface area contributed by atoms with Gasteiger partial charge < -0.3 is 0 Å². The lowest BCUT2D eigenvalue weighted by Crippen LogP contribution is -2.11. The van der Waals surface area contributed by atoms with E-state index in [1.807, 2.05) is 0 Å². The summed E-state index contributed by atoms with van der Waals surface area (Å²) in [6.45, 7) is 0. The topological polar surface area (TPSA) is 84.0 Å². The zero-order chi connectivity index (χ0) is 27.9. The molecule has 0 spiro atoms. The van der Waals surface area contributed by atoms with Crippen LogP contribution < -0.4 is 10.6 Å². The van der Waals surface area contributed by atoms with Crippen molar-refractivity contribution in [2.45, 2.75) is 12.8 Å². The van der Waals surface area contributed by atoms with Gasteiger partial charge in [0.2, 0.25) is 5.91 Å². The third kappa shape index (κ3) is 7.52. The van der Waals surface area contributed by atoms with Crippen molar-refractivity contribution >= 4 is 50.8 Å². The molecule has 6 nitrogen and oxygen atoms in total. The molecule has 0 aliphatic carbocycles. The number of nitrogens with zero attached hydrogens (tertiary/aromatic N) is 2. The number of nitrogens with one attached hydrogen (secondary N) is 2. The van der Waals surface area contributed by atoms with Crippen LogP contribution in [0.3, 0.4) is 0 Å². The van der Waals surface area contributed by atoms with Crippen LogP contribution in [-0.2, 0) is 17.6 Å². The van der Waals surface area contributed by atoms with Gasteiger partial charge >= 0.3 is 0 Å². The molecule has 2 amide bonds. The van der Waals surface area contributed by atoms with Gasteiger partial charge in [0.15, 0.2) is 10.3 Å². The molecule has 2 aromatic heterocycles. The summed E-state index contributed by atoms with van der Waals surface area (Å²) in [5, 5.41) is 6.48. The minimum atomic E-state index is -0.329. The molecule has 0 radical (unpaired) electrons. The third-order valence-electron chi connectivity index (χ3n) is 5.74. The molecule has 0 saturated carbocycles. The van der Waals surface area contributed by atoms with Crippen molar-refractivity contribution in [3.8, 4) is 0 Å². The van der Waals surface area contributed by atoms with E-state index in [9.17, 15) is 18.4 Å². The summed E-state index contributed by atoms with van der Waals surface area (Å²) < 4.78 is 26.2. The van der Waals surface area contributed by atoms with E-state index in [1.54, 1.807) is 67.0 Å². The van der Waals surface area contributed by atoms with Gasteiger partial charge in [0.1, 0.15) is 11.6 Å². The van der Waals surface area contributed by atoms with Crippen molar-refractivity contribution in [2.75, 3.05) is 10.6 Å². The van der Waals surface area contributed by atoms with Crippen molar-refractivity contribution in [1.29, 1.82) is 0 Å². The van der Waals surface area contributed by atoms with E-state index < -0.39 is 0 Å². The standard InChI is InChI=1S/C30H22F2N4O2S2/c31-23-10-3-20(4-11-23)15-25-17-33-29(39-25)35-27(37)14-7-19-1-8-22(9-2-19)28(38)36-30-34-18-26(40-30)16-21-5-12-24(32)13-6-21/h1-14,17-18H,15-16H2,(H,33,35,37)(H,34,36,38). The van der Waals surface area contributed by atoms with Gasteiger partial charge in [0.05, 0.1) is 0 Å². The van der Waals surface area contributed by atoms with E-state index in [4.69, 9.17) is 0 Å². The highest BCUT2D eigenvalue weighted by atomic mass is 32.1. The van der Waals surface area contributed by atoms with Crippen LogP contribution in [0.1, 0.15) is 36.8 Å². The lowest BCUT2D eigenvalue weighted by Gasteiger charge is -2.02. The Morgan fingerprint density at radius 3 is 1.73 bits per heavy atom. The monoisotopic (exact) mass is 572 g/mol. The Balaban J connectivity index is 1.11. The highest BCUT2D eigenvalue weighted by Crippen LogP contribution is 2.23. The second-order valence-electron chi connectivity index (χ2n) is 8.77. The van der Waals surface area contributed by atoms with Crippen LogP contribution >= 0.6 is 22.7 Å². The first-order chi connectivity index (χ1) is 19.4. The van der Waals surface area contributed by atoms with Gasteiger partial charge in [-0.1, -0.05) is 36.4 Å². The maximum absolute atomic E-state index is 13.1. The van der Waals surface area contributed by atoms with Crippen molar-refractivity contribution in [2.24, 2.45) is 0 Å². The molecule has 40 heavy (non-hydrogen) atoms. The molecule has 200 valence electrons. The van der Waals surface area contributed by atoms with E-state index >= 15 is 0 Å². The van der Waals surface area contributed by atoms with Gasteiger partial charge in [-0.25, -0.2) is 18.7 Å². The van der Waals surface area contributed by atoms with Crippen LogP contribution in [0, 0.1) is 11.6 Å². The van der Waals surface area contributed by atoms with Crippen molar-refractivity contribution in [3.05, 3.63) is 135 Å². The quantitative estimate of drug-likeness (QED) is 0.187. The molecule has 2 heterocycles. The largest absolute Gasteiger partial charge is 0.298 e. The predicted molar refractivity (Wildman–Crippen MR) is 155 cm³/mol. The molecule has 3 aromatic carbocycles. The number of thiazole rings is 2. The Morgan fingerprint density at radius 2 is 1.20 bits per heavy atom. The number of carbonyl (C=O) groups is 2. The summed E-state index contributed by atoms with van der Waals surface area (Å²) in [4.78, 5) is 35.4. The molecule has 0 fully saturated rings. The van der Waals surface area contributed by atoms with E-state index in [1.165, 1.54) is 53.0 Å². The van der Waals surface area contributed by atoms with Crippen LogP contribution in [0.15, 0.2) is 91.3 Å². The lowest BCUT2D eigenvalue weighted by molar-refractivity contribution is -0.111. The van der Waals surface area contributed by atoms with Gasteiger partial charge in [-0.05, 0) is 59.2 Å². The van der Waals surface area contributed by atoms with E-state index in [0.29, 0.717) is 28.7 Å². The molecule has 0 bridgehead atoms. The fourth-order valence-electron chi connectivity index (χ4n) is 3.73. The number of anilines is 2. The molecular formula is C30H22F2N4O2S2. The highest BCUT2D eigenvalue weighted by Gasteiger charge is 2.10. The molecule has 0 aliphatic heterocycles. The van der Waals surface area contributed by atoms with Gasteiger partial charge in [-0.3, -0.25) is 20.2 Å². The lowest BCUT2D eigenvalue weighted by atomic mass is 10.1. The summed E-state index contributed by atoms with van der Waals surface area (Å²) in [6, 6.07) is 19.4. The van der Waals surface area contributed by atoms with E-state index in [0.717, 1.165) is 26.4 Å². The summed E-state index contributed by atoms with van der Waals surface area (Å²) >= 11 is 2.72. The molecule has 5 rings (SSSR count). The van der Waals surface area contributed by atoms with E-state index in [-0.39, 0.29) is 23.4 Å². The fraction of sp³-hybridized carbons (Fsp3) is 0.0667. The maximum Gasteiger partial charge on any atom is 0.257 e. The van der Waals surface area contributed by atoms with Crippen molar-refractivity contribution < 1.29 is 18.4 Å². The number of benzene rings is 3. The van der Waals surface area contributed by atoms with Gasteiger partial charge in [0.25, 0.3) is 5.91 Å². The van der Waals surface area contributed by atoms with Crippen LogP contribution in [0.4, 0.5) is 19.0 Å². The molecule has 0 atom stereocenters. The highest BCUT2D eigenvalue weighted by molar-refractivity contribution is 7.16. The Labute approximate surface area is 237 Å². The number of amides is 2. The number of hydrogen-bond donors (Lipinski definition) is 2. The van der Waals surface area contributed by atoms with Gasteiger partial charge in [0, 0.05) is 46.6 Å². The first-order valence-corrected chi connectivity index (χ1v) is 13.8.